The van der Waals surface area contributed by atoms with Crippen molar-refractivity contribution in [2.75, 3.05) is 31.8 Å². The molecule has 0 radical (unpaired) electrons. The minimum absolute atomic E-state index is 0.488. The zero-order valence-corrected chi connectivity index (χ0v) is 8.36. The highest BCUT2D eigenvalue weighted by Crippen LogP contribution is 2.04. The van der Waals surface area contributed by atoms with Crippen LogP contribution >= 0.6 is 0 Å². The molecule has 0 aromatic rings. The number of ether oxygens (including phenoxy) is 1. The minimum Gasteiger partial charge on any atom is -0.380 e. The van der Waals surface area contributed by atoms with Crippen LogP contribution in [0, 0.1) is 0 Å². The lowest BCUT2D eigenvalue weighted by molar-refractivity contribution is 0.0712. The van der Waals surface area contributed by atoms with Gasteiger partial charge in [-0.25, -0.2) is 0 Å². The van der Waals surface area contributed by atoms with Crippen molar-refractivity contribution in [2.24, 2.45) is 0 Å². The maximum atomic E-state index is 10.7. The van der Waals surface area contributed by atoms with Gasteiger partial charge in [-0.3, -0.25) is 4.21 Å². The molecule has 0 bridgehead atoms. The molecule has 0 aromatic carbocycles. The van der Waals surface area contributed by atoms with E-state index in [2.05, 4.69) is 5.32 Å². The van der Waals surface area contributed by atoms with Crippen LogP contribution in [0.5, 0.6) is 0 Å². The molecule has 1 aliphatic rings. The van der Waals surface area contributed by atoms with E-state index in [4.69, 9.17) is 4.74 Å². The van der Waals surface area contributed by atoms with Crippen molar-refractivity contribution in [1.82, 2.24) is 5.32 Å². The normalized spacial score (nSPS) is 26.9. The average molecular weight is 191 g/mol. The topological polar surface area (TPSA) is 38.3 Å². The number of hydrogen-bond acceptors (Lipinski definition) is 3. The van der Waals surface area contributed by atoms with Gasteiger partial charge in [-0.1, -0.05) is 0 Å². The largest absolute Gasteiger partial charge is 0.380 e. The van der Waals surface area contributed by atoms with Gasteiger partial charge in [0.2, 0.25) is 0 Å². The van der Waals surface area contributed by atoms with E-state index in [1.807, 2.05) is 0 Å². The molecule has 4 heteroatoms. The van der Waals surface area contributed by atoms with Crippen molar-refractivity contribution in [1.29, 1.82) is 0 Å². The molecule has 1 aliphatic heterocycles. The van der Waals surface area contributed by atoms with E-state index in [-0.39, 0.29) is 0 Å². The van der Waals surface area contributed by atoms with Gasteiger partial charge in [0.05, 0.1) is 6.61 Å². The molecule has 0 amide bonds. The molecule has 2 atom stereocenters. The monoisotopic (exact) mass is 191 g/mol. The smallest absolute Gasteiger partial charge is 0.0619 e. The summed E-state index contributed by atoms with van der Waals surface area (Å²) in [6, 6.07) is 0.488. The third-order valence-electron chi connectivity index (χ3n) is 1.98. The number of hydrogen-bond donors (Lipinski definition) is 1. The third kappa shape index (κ3) is 4.18. The molecule has 0 saturated carbocycles. The lowest BCUT2D eigenvalue weighted by atomic mass is 10.1. The molecule has 0 aromatic heterocycles. The third-order valence-corrected chi connectivity index (χ3v) is 2.76. The predicted molar refractivity (Wildman–Crippen MR) is 50.8 cm³/mol. The van der Waals surface area contributed by atoms with Crippen LogP contribution in [-0.2, 0) is 15.5 Å². The fraction of sp³-hybridized carbons (Fsp3) is 1.00. The zero-order chi connectivity index (χ0) is 8.81. The Labute approximate surface area is 76.3 Å². The van der Waals surface area contributed by atoms with E-state index in [1.165, 1.54) is 6.42 Å². The predicted octanol–water partition coefficient (Wildman–Crippen LogP) is 0.133. The molecule has 12 heavy (non-hydrogen) atoms. The van der Waals surface area contributed by atoms with E-state index in [0.29, 0.717) is 6.04 Å². The molecule has 3 nitrogen and oxygen atoms in total. The van der Waals surface area contributed by atoms with Gasteiger partial charge >= 0.3 is 0 Å². The second kappa shape index (κ2) is 5.67. The Balaban J connectivity index is 2.01. The Morgan fingerprint density at radius 3 is 3.08 bits per heavy atom. The van der Waals surface area contributed by atoms with Crippen molar-refractivity contribution in [3.05, 3.63) is 0 Å². The summed E-state index contributed by atoms with van der Waals surface area (Å²) in [6.45, 7) is 2.56. The van der Waals surface area contributed by atoms with Crippen molar-refractivity contribution in [2.45, 2.75) is 18.9 Å². The van der Waals surface area contributed by atoms with Crippen LogP contribution in [0.2, 0.25) is 0 Å². The fourth-order valence-electron chi connectivity index (χ4n) is 1.31. The summed E-state index contributed by atoms with van der Waals surface area (Å²) in [5.41, 5.74) is 0. The summed E-state index contributed by atoms with van der Waals surface area (Å²) in [5.74, 6) is 0.747. The highest BCUT2D eigenvalue weighted by Gasteiger charge is 2.12. The summed E-state index contributed by atoms with van der Waals surface area (Å²) in [7, 11) is -0.673. The van der Waals surface area contributed by atoms with Crippen molar-refractivity contribution in [3.63, 3.8) is 0 Å². The molecular formula is C8H17NO2S. The molecule has 1 N–H and O–H groups in total. The van der Waals surface area contributed by atoms with E-state index in [1.54, 1.807) is 6.26 Å². The number of rotatable bonds is 4. The van der Waals surface area contributed by atoms with Crippen molar-refractivity contribution < 1.29 is 8.95 Å². The Hall–Kier alpha value is 0.0700. The number of nitrogens with one attached hydrogen (secondary N) is 1. The van der Waals surface area contributed by atoms with Crippen LogP contribution in [0.1, 0.15) is 12.8 Å². The summed E-state index contributed by atoms with van der Waals surface area (Å²) < 4.78 is 16.0. The summed E-state index contributed by atoms with van der Waals surface area (Å²) in [6.07, 6.45) is 4.07. The molecule has 1 rings (SSSR count). The molecule has 1 heterocycles. The van der Waals surface area contributed by atoms with Crippen LogP contribution in [0.15, 0.2) is 0 Å². The van der Waals surface area contributed by atoms with Gasteiger partial charge in [-0.05, 0) is 12.8 Å². The quantitative estimate of drug-likeness (QED) is 0.686. The average Bonchev–Trinajstić information content (AvgIpc) is 2.05. The Bertz CT molecular complexity index is 146. The van der Waals surface area contributed by atoms with E-state index in [9.17, 15) is 4.21 Å². The highest BCUT2D eigenvalue weighted by atomic mass is 32.2. The van der Waals surface area contributed by atoms with Crippen LogP contribution in [0.25, 0.3) is 0 Å². The summed E-state index contributed by atoms with van der Waals surface area (Å²) in [4.78, 5) is 0. The van der Waals surface area contributed by atoms with Crippen LogP contribution in [0.3, 0.4) is 0 Å². The van der Waals surface area contributed by atoms with Gasteiger partial charge in [-0.15, -0.1) is 0 Å². The Morgan fingerprint density at radius 1 is 1.67 bits per heavy atom. The Kier molecular flexibility index (Phi) is 4.80. The Morgan fingerprint density at radius 2 is 2.50 bits per heavy atom. The van der Waals surface area contributed by atoms with E-state index >= 15 is 0 Å². The zero-order valence-electron chi connectivity index (χ0n) is 7.54. The highest BCUT2D eigenvalue weighted by molar-refractivity contribution is 7.84. The van der Waals surface area contributed by atoms with Crippen LogP contribution in [0.4, 0.5) is 0 Å². The molecule has 0 spiro atoms. The minimum atomic E-state index is -0.673. The maximum absolute atomic E-state index is 10.7. The second-order valence-electron chi connectivity index (χ2n) is 3.15. The first kappa shape index (κ1) is 10.2. The molecule has 72 valence electrons. The van der Waals surface area contributed by atoms with Crippen LogP contribution < -0.4 is 5.32 Å². The maximum Gasteiger partial charge on any atom is 0.0619 e. The molecular weight excluding hydrogens is 174 g/mol. The van der Waals surface area contributed by atoms with Crippen molar-refractivity contribution in [3.8, 4) is 0 Å². The van der Waals surface area contributed by atoms with E-state index in [0.717, 1.165) is 31.9 Å². The first-order valence-corrected chi connectivity index (χ1v) is 6.13. The SMILES string of the molecule is CS(=O)CCNC1CCCOC1. The van der Waals surface area contributed by atoms with Gasteiger partial charge < -0.3 is 10.1 Å². The molecule has 1 fully saturated rings. The van der Waals surface area contributed by atoms with Gasteiger partial charge in [0.25, 0.3) is 0 Å². The summed E-state index contributed by atoms with van der Waals surface area (Å²) >= 11 is 0. The molecule has 1 saturated heterocycles. The lowest BCUT2D eigenvalue weighted by Gasteiger charge is -2.22. The van der Waals surface area contributed by atoms with Crippen molar-refractivity contribution >= 4 is 10.8 Å². The second-order valence-corrected chi connectivity index (χ2v) is 4.70. The van der Waals surface area contributed by atoms with Gasteiger partial charge in [0, 0.05) is 42.0 Å². The van der Waals surface area contributed by atoms with Gasteiger partial charge in [0.15, 0.2) is 0 Å². The van der Waals surface area contributed by atoms with Gasteiger partial charge in [-0.2, -0.15) is 0 Å². The van der Waals surface area contributed by atoms with E-state index < -0.39 is 10.8 Å². The fourth-order valence-corrected chi connectivity index (χ4v) is 1.71. The molecule has 2 unspecified atom stereocenters. The van der Waals surface area contributed by atoms with Gasteiger partial charge in [0.1, 0.15) is 0 Å². The lowest BCUT2D eigenvalue weighted by Crippen LogP contribution is -2.38. The summed E-state index contributed by atoms with van der Waals surface area (Å²) in [5, 5.41) is 3.33. The van der Waals surface area contributed by atoms with Crippen LogP contribution in [-0.4, -0.2) is 42.0 Å². The first-order valence-electron chi connectivity index (χ1n) is 4.40. The first-order chi connectivity index (χ1) is 5.79. The molecule has 0 aliphatic carbocycles. The standard InChI is InChI=1S/C8H17NO2S/c1-12(10)6-4-9-8-3-2-5-11-7-8/h8-9H,2-7H2,1H3.